The predicted octanol–water partition coefficient (Wildman–Crippen LogP) is 2.56. The van der Waals surface area contributed by atoms with E-state index in [2.05, 4.69) is 33.4 Å². The summed E-state index contributed by atoms with van der Waals surface area (Å²) < 4.78 is 12.5. The molecule has 33 heavy (non-hydrogen) atoms. The van der Waals surface area contributed by atoms with Crippen LogP contribution < -0.4 is 20.3 Å². The molecular weight excluding hydrogens is 417 g/mol. The molecule has 0 fully saturated rings. The number of benzene rings is 2. The summed E-state index contributed by atoms with van der Waals surface area (Å²) in [6.45, 7) is 2.76. The van der Waals surface area contributed by atoms with E-state index in [0.29, 0.717) is 22.4 Å². The zero-order valence-electron chi connectivity index (χ0n) is 18.4. The Morgan fingerprint density at radius 2 is 2.00 bits per heavy atom. The van der Waals surface area contributed by atoms with Gasteiger partial charge in [0.1, 0.15) is 19.4 Å². The van der Waals surface area contributed by atoms with Crippen molar-refractivity contribution in [1.29, 1.82) is 0 Å². The molecule has 9 heteroatoms. The van der Waals surface area contributed by atoms with Crippen LogP contribution in [0.4, 0.5) is 5.82 Å². The Kier molecular flexibility index (Phi) is 5.79. The quantitative estimate of drug-likeness (QED) is 0.321. The number of phenols is 1. The number of aromatic nitrogens is 3. The summed E-state index contributed by atoms with van der Waals surface area (Å²) in [4.78, 5) is 6.87. The number of nitrogens with one attached hydrogen (secondary N) is 1. The fourth-order valence-corrected chi connectivity index (χ4v) is 3.93. The minimum absolute atomic E-state index is 0.170. The molecule has 0 unspecified atom stereocenters. The fourth-order valence-electron chi connectivity index (χ4n) is 3.93. The van der Waals surface area contributed by atoms with E-state index in [1.165, 1.54) is 5.56 Å². The lowest BCUT2D eigenvalue weighted by Gasteiger charge is -2.17. The lowest BCUT2D eigenvalue weighted by molar-refractivity contribution is 0.174. The summed E-state index contributed by atoms with van der Waals surface area (Å²) in [5.41, 5.74) is 3.50. The fraction of sp³-hybridized carbons (Fsp3) is 0.250. The molecule has 0 aliphatic carbocycles. The average Bonchev–Trinajstić information content (AvgIpc) is 3.43. The molecule has 0 bridgehead atoms. The van der Waals surface area contributed by atoms with Crippen LogP contribution in [0.25, 0.3) is 16.9 Å². The maximum absolute atomic E-state index is 10.3. The number of hydrogen-bond acceptors (Lipinski definition) is 7. The minimum Gasteiger partial charge on any atom is -0.507 e. The van der Waals surface area contributed by atoms with Crippen LogP contribution in [-0.4, -0.2) is 59.4 Å². The van der Waals surface area contributed by atoms with Gasteiger partial charge in [0.25, 0.3) is 0 Å². The first-order valence-electron chi connectivity index (χ1n) is 10.8. The van der Waals surface area contributed by atoms with Gasteiger partial charge in [-0.05, 0) is 55.3 Å². The van der Waals surface area contributed by atoms with E-state index in [1.807, 2.05) is 30.3 Å². The number of fused-ring (bicyclic) bond motifs is 2. The second kappa shape index (κ2) is 9.03. The van der Waals surface area contributed by atoms with E-state index in [4.69, 9.17) is 17.3 Å². The third-order valence-corrected chi connectivity index (χ3v) is 5.59. The molecule has 2 aromatic carbocycles. The van der Waals surface area contributed by atoms with Gasteiger partial charge in [-0.1, -0.05) is 18.2 Å². The van der Waals surface area contributed by atoms with Gasteiger partial charge in [-0.15, -0.1) is 0 Å². The van der Waals surface area contributed by atoms with Gasteiger partial charge in [0, 0.05) is 30.9 Å². The molecule has 166 valence electrons. The Hall–Kier alpha value is -3.72. The summed E-state index contributed by atoms with van der Waals surface area (Å²) >= 11 is 0. The van der Waals surface area contributed by atoms with Crippen molar-refractivity contribution in [2.75, 3.05) is 32.2 Å². The van der Waals surface area contributed by atoms with E-state index < -0.39 is 0 Å². The largest absolute Gasteiger partial charge is 0.507 e. The molecule has 4 aromatic rings. The standard InChI is InChI=1S/C24H24BN5O3/c1-29(14-16-7-8-21-22(11-16)33-15-32-21)10-4-9-26-23-12-19(17-5-2-3-6-20(17)31)28-24-18(25)13-27-30(23)24/h2-3,5-8,11-13,26,31H,4,9-10,14-15H2,1H3. The smallest absolute Gasteiger partial charge is 0.231 e. The van der Waals surface area contributed by atoms with E-state index in [-0.39, 0.29) is 12.5 Å². The van der Waals surface area contributed by atoms with Crippen LogP contribution in [0.3, 0.4) is 0 Å². The number of ether oxygens (including phenoxy) is 2. The van der Waals surface area contributed by atoms with Crippen molar-refractivity contribution in [3.05, 3.63) is 60.3 Å². The normalized spacial score (nSPS) is 12.5. The number of rotatable bonds is 8. The molecule has 1 aliphatic rings. The summed E-state index contributed by atoms with van der Waals surface area (Å²) in [5.74, 6) is 2.55. The number of nitrogens with zero attached hydrogens (tertiary/aromatic N) is 4. The van der Waals surface area contributed by atoms with Crippen LogP contribution in [0.15, 0.2) is 54.7 Å². The number of para-hydroxylation sites is 1. The van der Waals surface area contributed by atoms with Gasteiger partial charge < -0.3 is 24.8 Å². The highest BCUT2D eigenvalue weighted by atomic mass is 16.7. The van der Waals surface area contributed by atoms with Gasteiger partial charge in [-0.3, -0.25) is 0 Å². The minimum atomic E-state index is 0.170. The monoisotopic (exact) mass is 441 g/mol. The first-order chi connectivity index (χ1) is 16.1. The third kappa shape index (κ3) is 4.45. The summed E-state index contributed by atoms with van der Waals surface area (Å²) in [7, 11) is 8.17. The number of anilines is 1. The highest BCUT2D eigenvalue weighted by Crippen LogP contribution is 2.33. The molecule has 2 N–H and O–H groups in total. The maximum Gasteiger partial charge on any atom is 0.231 e. The highest BCUT2D eigenvalue weighted by Gasteiger charge is 2.14. The van der Waals surface area contributed by atoms with Crippen LogP contribution >= 0.6 is 0 Å². The summed E-state index contributed by atoms with van der Waals surface area (Å²) in [5, 5.41) is 18.0. The van der Waals surface area contributed by atoms with Crippen molar-refractivity contribution >= 4 is 24.8 Å². The first kappa shape index (κ1) is 21.1. The number of aromatic hydroxyl groups is 1. The van der Waals surface area contributed by atoms with E-state index >= 15 is 0 Å². The molecule has 0 spiro atoms. The van der Waals surface area contributed by atoms with Crippen molar-refractivity contribution in [3.63, 3.8) is 0 Å². The molecule has 3 heterocycles. The Morgan fingerprint density at radius 3 is 2.88 bits per heavy atom. The van der Waals surface area contributed by atoms with E-state index in [0.717, 1.165) is 43.4 Å². The molecule has 1 aliphatic heterocycles. The van der Waals surface area contributed by atoms with E-state index in [1.54, 1.807) is 22.8 Å². The van der Waals surface area contributed by atoms with Crippen LogP contribution in [0.5, 0.6) is 17.2 Å². The van der Waals surface area contributed by atoms with Crippen molar-refractivity contribution in [1.82, 2.24) is 19.5 Å². The van der Waals surface area contributed by atoms with Crippen molar-refractivity contribution in [3.8, 4) is 28.5 Å². The molecule has 0 amide bonds. The van der Waals surface area contributed by atoms with Gasteiger partial charge in [0.2, 0.25) is 6.79 Å². The lowest BCUT2D eigenvalue weighted by Crippen LogP contribution is -2.21. The van der Waals surface area contributed by atoms with Crippen LogP contribution in [0, 0.1) is 0 Å². The SMILES string of the molecule is [B]c1cnn2c(NCCCN(C)Cc3ccc4c(c3)OCO4)cc(-c3ccccc3O)nc12. The van der Waals surface area contributed by atoms with Crippen LogP contribution in [-0.2, 0) is 6.54 Å². The molecule has 5 rings (SSSR count). The third-order valence-electron chi connectivity index (χ3n) is 5.59. The van der Waals surface area contributed by atoms with Crippen molar-refractivity contribution < 1.29 is 14.6 Å². The molecule has 0 atom stereocenters. The highest BCUT2D eigenvalue weighted by molar-refractivity contribution is 6.36. The summed E-state index contributed by atoms with van der Waals surface area (Å²) in [6, 6.07) is 15.1. The molecule has 0 saturated heterocycles. The van der Waals surface area contributed by atoms with Crippen molar-refractivity contribution in [2.45, 2.75) is 13.0 Å². The zero-order valence-corrected chi connectivity index (χ0v) is 18.4. The first-order valence-corrected chi connectivity index (χ1v) is 10.8. The second-order valence-electron chi connectivity index (χ2n) is 8.08. The zero-order chi connectivity index (χ0) is 22.8. The molecule has 2 aromatic heterocycles. The molecule has 0 saturated carbocycles. The topological polar surface area (TPSA) is 84.2 Å². The number of hydrogen-bond donors (Lipinski definition) is 2. The number of phenolic OH excluding ortho intramolecular Hbond substituents is 1. The van der Waals surface area contributed by atoms with Gasteiger partial charge in [0.15, 0.2) is 17.1 Å². The Balaban J connectivity index is 1.23. The molecule has 2 radical (unpaired) electrons. The lowest BCUT2D eigenvalue weighted by atomic mass is 10.0. The Labute approximate surface area is 193 Å². The molecular formula is C24H24BN5O3. The van der Waals surface area contributed by atoms with Gasteiger partial charge in [0.05, 0.1) is 5.69 Å². The van der Waals surface area contributed by atoms with Gasteiger partial charge in [-0.2, -0.15) is 9.61 Å². The predicted molar refractivity (Wildman–Crippen MR) is 127 cm³/mol. The van der Waals surface area contributed by atoms with Crippen LogP contribution in [0.1, 0.15) is 12.0 Å². The molecule has 8 nitrogen and oxygen atoms in total. The average molecular weight is 441 g/mol. The van der Waals surface area contributed by atoms with Crippen molar-refractivity contribution in [2.24, 2.45) is 0 Å². The Bertz CT molecular complexity index is 1290. The second-order valence-corrected chi connectivity index (χ2v) is 8.08. The van der Waals surface area contributed by atoms with Gasteiger partial charge >= 0.3 is 0 Å². The van der Waals surface area contributed by atoms with Gasteiger partial charge in [-0.25, -0.2) is 4.98 Å². The van der Waals surface area contributed by atoms with E-state index in [9.17, 15) is 5.11 Å². The summed E-state index contributed by atoms with van der Waals surface area (Å²) in [6.07, 6.45) is 2.51. The Morgan fingerprint density at radius 1 is 1.15 bits per heavy atom. The van der Waals surface area contributed by atoms with Crippen LogP contribution in [0.2, 0.25) is 0 Å². The maximum atomic E-state index is 10.3.